The molecule has 7 rings (SSSR count). The third-order valence-corrected chi connectivity index (χ3v) is 8.50. The highest BCUT2D eigenvalue weighted by molar-refractivity contribution is 6.40. The fraction of sp³-hybridized carbons (Fsp3) is 0.265. The summed E-state index contributed by atoms with van der Waals surface area (Å²) in [5, 5.41) is 3.40. The van der Waals surface area contributed by atoms with Crippen LogP contribution in [0.4, 0.5) is 24.5 Å². The smallest absolute Gasteiger partial charge is 0.416 e. The van der Waals surface area contributed by atoms with Crippen molar-refractivity contribution in [2.75, 3.05) is 44.2 Å². The van der Waals surface area contributed by atoms with E-state index < -0.39 is 17.8 Å². The number of nitrogens with one attached hydrogen (secondary N) is 1. The summed E-state index contributed by atoms with van der Waals surface area (Å²) in [6.07, 6.45) is -3.19. The molecule has 1 atom stereocenters. The molecule has 3 aromatic carbocycles. The highest BCUT2D eigenvalue weighted by Gasteiger charge is 2.43. The van der Waals surface area contributed by atoms with Gasteiger partial charge < -0.3 is 15.0 Å². The molecule has 2 heterocycles. The zero-order valence-corrected chi connectivity index (χ0v) is 23.9. The van der Waals surface area contributed by atoms with Crippen LogP contribution in [0.15, 0.2) is 94.6 Å². The van der Waals surface area contributed by atoms with Gasteiger partial charge in [-0.15, -0.1) is 0 Å². The van der Waals surface area contributed by atoms with Crippen molar-refractivity contribution in [1.82, 2.24) is 10.2 Å². The van der Waals surface area contributed by atoms with Gasteiger partial charge in [0.15, 0.2) is 17.7 Å². The summed E-state index contributed by atoms with van der Waals surface area (Å²) in [5.74, 6) is 0.120. The van der Waals surface area contributed by atoms with Gasteiger partial charge in [0.25, 0.3) is 0 Å². The number of anilines is 1. The first-order valence-corrected chi connectivity index (χ1v) is 14.6. The zero-order chi connectivity index (χ0) is 30.6. The molecular formula is C34H29F3N4O3. The lowest BCUT2D eigenvalue weighted by Crippen LogP contribution is -2.48. The molecule has 0 bridgehead atoms. The van der Waals surface area contributed by atoms with E-state index in [0.29, 0.717) is 84.5 Å². The van der Waals surface area contributed by atoms with Crippen molar-refractivity contribution in [1.29, 1.82) is 0 Å². The number of halogens is 3. The first kappa shape index (κ1) is 28.1. The van der Waals surface area contributed by atoms with E-state index in [4.69, 9.17) is 9.73 Å². The third-order valence-electron chi connectivity index (χ3n) is 8.50. The maximum Gasteiger partial charge on any atom is 0.416 e. The normalized spacial score (nSPS) is 19.7. The Morgan fingerprint density at radius 3 is 2.36 bits per heavy atom. The number of ether oxygens (including phenoxy) is 1. The summed E-state index contributed by atoms with van der Waals surface area (Å²) in [6.45, 7) is 5.63. The monoisotopic (exact) mass is 598 g/mol. The van der Waals surface area contributed by atoms with Gasteiger partial charge in [-0.25, -0.2) is 4.99 Å². The number of rotatable bonds is 5. The maximum atomic E-state index is 13.8. The largest absolute Gasteiger partial charge is 0.478 e. The minimum Gasteiger partial charge on any atom is -0.478 e. The molecule has 0 amide bonds. The highest BCUT2D eigenvalue weighted by Crippen LogP contribution is 2.41. The first-order chi connectivity index (χ1) is 21.2. The standard InChI is InChI=1S/C34H29F3N4O3/c1-20-9-10-27-25(17-20)39-31-28(44-27)19-26(29-30(31)33(43)24-8-3-2-7-23(24)32(29)42)38-11-12-40-13-15-41(16-14-40)22-6-4-5-21(18-22)34(35,36)37/h2-10,17-19,28,38H,11-16H2,1H3. The van der Waals surface area contributed by atoms with Crippen LogP contribution in [0.3, 0.4) is 0 Å². The molecule has 10 heteroatoms. The fourth-order valence-corrected chi connectivity index (χ4v) is 6.23. The average molecular weight is 599 g/mol. The van der Waals surface area contributed by atoms with E-state index in [1.54, 1.807) is 30.3 Å². The number of piperazine rings is 1. The second-order valence-corrected chi connectivity index (χ2v) is 11.3. The van der Waals surface area contributed by atoms with Crippen LogP contribution in [-0.2, 0) is 6.18 Å². The minimum absolute atomic E-state index is 0.236. The molecule has 1 N–H and O–H groups in total. The third kappa shape index (κ3) is 4.98. The van der Waals surface area contributed by atoms with Crippen LogP contribution in [0.1, 0.15) is 31.8 Å². The number of carbonyl (C=O) groups is 2. The number of allylic oxidation sites excluding steroid dienone is 1. The van der Waals surface area contributed by atoms with Crippen LogP contribution in [0, 0.1) is 6.92 Å². The summed E-state index contributed by atoms with van der Waals surface area (Å²) < 4.78 is 45.9. The van der Waals surface area contributed by atoms with Gasteiger partial charge in [-0.05, 0) is 48.9 Å². The van der Waals surface area contributed by atoms with E-state index >= 15 is 0 Å². The predicted molar refractivity (Wildman–Crippen MR) is 161 cm³/mol. The Balaban J connectivity index is 1.09. The molecule has 0 radical (unpaired) electrons. The molecule has 4 aliphatic rings. The number of hydrogen-bond acceptors (Lipinski definition) is 7. The number of aliphatic imine (C=N–C) groups is 1. The molecule has 224 valence electrons. The van der Waals surface area contributed by atoms with Gasteiger partial charge in [0, 0.05) is 61.8 Å². The summed E-state index contributed by atoms with van der Waals surface area (Å²) in [7, 11) is 0. The number of Topliss-reactive ketones (excluding diaryl/α,β-unsaturated/α-hetero) is 2. The van der Waals surface area contributed by atoms with Gasteiger partial charge in [0.2, 0.25) is 0 Å². The van der Waals surface area contributed by atoms with E-state index in [1.165, 1.54) is 12.1 Å². The Kier molecular flexibility index (Phi) is 6.88. The van der Waals surface area contributed by atoms with Crippen LogP contribution in [0.2, 0.25) is 0 Å². The number of carbonyl (C=O) groups excluding carboxylic acids is 2. The lowest BCUT2D eigenvalue weighted by Gasteiger charge is -2.37. The average Bonchev–Trinajstić information content (AvgIpc) is 3.02. The Labute approximate surface area is 252 Å². The number of nitrogens with zero attached hydrogens (tertiary/aromatic N) is 3. The fourth-order valence-electron chi connectivity index (χ4n) is 6.23. The first-order valence-electron chi connectivity index (χ1n) is 14.6. The molecule has 2 aliphatic carbocycles. The summed E-state index contributed by atoms with van der Waals surface area (Å²) in [6, 6.07) is 18.0. The van der Waals surface area contributed by atoms with Gasteiger partial charge in [-0.3, -0.25) is 14.5 Å². The Bertz CT molecular complexity index is 1780. The topological polar surface area (TPSA) is 74.2 Å². The number of alkyl halides is 3. The van der Waals surface area contributed by atoms with Gasteiger partial charge in [-0.2, -0.15) is 13.2 Å². The maximum absolute atomic E-state index is 13.8. The molecule has 0 saturated carbocycles. The lowest BCUT2D eigenvalue weighted by molar-refractivity contribution is -0.137. The molecule has 1 saturated heterocycles. The van der Waals surface area contributed by atoms with Crippen LogP contribution < -0.4 is 15.0 Å². The number of aryl methyl sites for hydroxylation is 1. The summed E-state index contributed by atoms with van der Waals surface area (Å²) in [5.41, 5.74) is 3.80. The minimum atomic E-state index is -4.38. The van der Waals surface area contributed by atoms with E-state index in [9.17, 15) is 22.8 Å². The zero-order valence-electron chi connectivity index (χ0n) is 23.9. The van der Waals surface area contributed by atoms with E-state index in [2.05, 4.69) is 10.2 Å². The van der Waals surface area contributed by atoms with Gasteiger partial charge in [0.1, 0.15) is 11.4 Å². The second-order valence-electron chi connectivity index (χ2n) is 11.3. The van der Waals surface area contributed by atoms with E-state index in [-0.39, 0.29) is 17.1 Å². The van der Waals surface area contributed by atoms with Gasteiger partial charge in [-0.1, -0.05) is 36.4 Å². The summed E-state index contributed by atoms with van der Waals surface area (Å²) in [4.78, 5) is 36.7. The number of hydrogen-bond donors (Lipinski definition) is 1. The highest BCUT2D eigenvalue weighted by atomic mass is 19.4. The van der Waals surface area contributed by atoms with E-state index in [0.717, 1.165) is 11.6 Å². The van der Waals surface area contributed by atoms with Crippen LogP contribution in [-0.4, -0.2) is 67.6 Å². The number of ketones is 2. The molecule has 3 aromatic rings. The summed E-state index contributed by atoms with van der Waals surface area (Å²) >= 11 is 0. The van der Waals surface area contributed by atoms with Crippen molar-refractivity contribution < 1.29 is 27.5 Å². The van der Waals surface area contributed by atoms with Gasteiger partial charge in [0.05, 0.1) is 22.4 Å². The molecule has 1 fully saturated rings. The van der Waals surface area contributed by atoms with Crippen molar-refractivity contribution >= 4 is 28.7 Å². The number of fused-ring (bicyclic) bond motifs is 4. The second kappa shape index (κ2) is 10.8. The van der Waals surface area contributed by atoms with Crippen LogP contribution >= 0.6 is 0 Å². The van der Waals surface area contributed by atoms with Crippen molar-refractivity contribution in [3.63, 3.8) is 0 Å². The molecular weight excluding hydrogens is 569 g/mol. The Morgan fingerprint density at radius 2 is 1.64 bits per heavy atom. The predicted octanol–water partition coefficient (Wildman–Crippen LogP) is 5.53. The molecule has 7 nitrogen and oxygen atoms in total. The molecule has 0 spiro atoms. The Morgan fingerprint density at radius 1 is 0.909 bits per heavy atom. The van der Waals surface area contributed by atoms with Crippen molar-refractivity contribution in [2.24, 2.45) is 4.99 Å². The van der Waals surface area contributed by atoms with Crippen LogP contribution in [0.5, 0.6) is 5.75 Å². The van der Waals surface area contributed by atoms with Crippen molar-refractivity contribution in [3.05, 3.63) is 112 Å². The SMILES string of the molecule is Cc1ccc2c(c1)N=C1C3=C(C(=O)c4ccccc4C3=O)C(NCCN3CCN(c4cccc(C(F)(F)F)c4)CC3)=CC1O2. The lowest BCUT2D eigenvalue weighted by atomic mass is 9.76. The molecule has 1 unspecified atom stereocenters. The molecule has 0 aromatic heterocycles. The van der Waals surface area contributed by atoms with Gasteiger partial charge >= 0.3 is 6.18 Å². The molecule has 2 aliphatic heterocycles. The Hall–Kier alpha value is -4.70. The van der Waals surface area contributed by atoms with Crippen molar-refractivity contribution in [3.8, 4) is 5.75 Å². The quantitative estimate of drug-likeness (QED) is 0.416. The van der Waals surface area contributed by atoms with Crippen LogP contribution in [0.25, 0.3) is 0 Å². The van der Waals surface area contributed by atoms with Crippen molar-refractivity contribution in [2.45, 2.75) is 19.2 Å². The van der Waals surface area contributed by atoms with E-state index in [1.807, 2.05) is 36.1 Å². The molecule has 44 heavy (non-hydrogen) atoms. The number of benzene rings is 3.